The molecule has 0 fully saturated rings. The molecule has 4 aromatic rings. The number of rotatable bonds is 2. The highest BCUT2D eigenvalue weighted by Gasteiger charge is 2.21. The van der Waals surface area contributed by atoms with Crippen molar-refractivity contribution in [3.05, 3.63) is 83.4 Å². The van der Waals surface area contributed by atoms with Crippen LogP contribution in [0.1, 0.15) is 11.1 Å². The molecular formula is C21H16P2. The van der Waals surface area contributed by atoms with Gasteiger partial charge in [-0.15, -0.1) is 16.4 Å². The summed E-state index contributed by atoms with van der Waals surface area (Å²) in [5, 5.41) is 2.96. The fraction of sp³-hybridized carbons (Fsp3) is 0.0476. The molecule has 2 aromatic carbocycles. The van der Waals surface area contributed by atoms with E-state index in [0.29, 0.717) is 0 Å². The number of hydrogen-bond donors (Lipinski definition) is 0. The Kier molecular flexibility index (Phi) is 3.08. The lowest BCUT2D eigenvalue weighted by molar-refractivity contribution is 1.26. The third-order valence-corrected chi connectivity index (χ3v) is 6.92. The molecule has 1 aliphatic rings. The molecule has 0 radical (unpaired) electrons. The summed E-state index contributed by atoms with van der Waals surface area (Å²) in [7, 11) is 1.59. The van der Waals surface area contributed by atoms with Gasteiger partial charge in [-0.25, -0.2) is 0 Å². The lowest BCUT2D eigenvalue weighted by Crippen LogP contribution is -1.86. The molecule has 2 heteroatoms. The average Bonchev–Trinajstić information content (AvgIpc) is 3.33. The monoisotopic (exact) mass is 330 g/mol. The summed E-state index contributed by atoms with van der Waals surface area (Å²) in [5.41, 5.74) is 8.69. The minimum absolute atomic E-state index is 0.793. The molecule has 1 aliphatic carbocycles. The molecule has 2 unspecified atom stereocenters. The van der Waals surface area contributed by atoms with Gasteiger partial charge in [-0.2, -0.15) is 0 Å². The predicted molar refractivity (Wildman–Crippen MR) is 105 cm³/mol. The molecule has 0 N–H and O–H groups in total. The van der Waals surface area contributed by atoms with E-state index in [9.17, 15) is 0 Å². The maximum Gasteiger partial charge on any atom is -0.00117 e. The van der Waals surface area contributed by atoms with E-state index in [2.05, 4.69) is 72.3 Å². The van der Waals surface area contributed by atoms with Crippen LogP contribution in [0.5, 0.6) is 0 Å². The van der Waals surface area contributed by atoms with Gasteiger partial charge in [-0.3, -0.25) is 0 Å². The second-order valence-corrected chi connectivity index (χ2v) is 8.38. The Hall–Kier alpha value is -2.00. The second-order valence-electron chi connectivity index (χ2n) is 6.06. The Balaban J connectivity index is 1.80. The molecule has 2 aromatic heterocycles. The van der Waals surface area contributed by atoms with Crippen LogP contribution in [-0.2, 0) is 6.42 Å². The molecular weight excluding hydrogens is 314 g/mol. The first kappa shape index (κ1) is 13.4. The van der Waals surface area contributed by atoms with Crippen LogP contribution < -0.4 is 0 Å². The molecule has 110 valence electrons. The number of hydrogen-bond acceptors (Lipinski definition) is 0. The largest absolute Gasteiger partial charge is 0.132 e. The Morgan fingerprint density at radius 2 is 1.26 bits per heavy atom. The molecule has 0 aliphatic heterocycles. The molecule has 0 amide bonds. The van der Waals surface area contributed by atoms with Crippen molar-refractivity contribution in [2.75, 3.05) is 0 Å². The Morgan fingerprint density at radius 1 is 0.565 bits per heavy atom. The van der Waals surface area contributed by atoms with Gasteiger partial charge in [0.15, 0.2) is 0 Å². The van der Waals surface area contributed by atoms with E-state index in [1.165, 1.54) is 44.0 Å². The lowest BCUT2D eigenvalue weighted by Gasteiger charge is -2.12. The molecule has 0 saturated heterocycles. The SMILES string of the molecule is c1c[pH]c(-c2cc3c(cc2-c2ccc[pH]2)-c2ccccc2C3)c1. The van der Waals surface area contributed by atoms with Gasteiger partial charge in [0.2, 0.25) is 0 Å². The predicted octanol–water partition coefficient (Wildman–Crippen LogP) is 6.65. The maximum atomic E-state index is 2.46. The average molecular weight is 330 g/mol. The van der Waals surface area contributed by atoms with Crippen LogP contribution >= 0.6 is 16.4 Å². The van der Waals surface area contributed by atoms with Crippen molar-refractivity contribution in [2.45, 2.75) is 6.42 Å². The van der Waals surface area contributed by atoms with Crippen LogP contribution in [0.3, 0.4) is 0 Å². The summed E-state index contributed by atoms with van der Waals surface area (Å²) in [4.78, 5) is 0. The van der Waals surface area contributed by atoms with Crippen molar-refractivity contribution >= 4 is 16.4 Å². The standard InChI is InChI=1S/C21H16P2/c1-2-6-16-14(5-1)11-15-12-18(20-7-3-9-22-20)19(13-17(15)16)21-8-4-10-23-21/h1-10,12-13,22-23H,11H2. The Labute approximate surface area is 139 Å². The molecule has 23 heavy (non-hydrogen) atoms. The van der Waals surface area contributed by atoms with Crippen molar-refractivity contribution in [3.63, 3.8) is 0 Å². The van der Waals surface area contributed by atoms with E-state index < -0.39 is 0 Å². The third-order valence-electron chi connectivity index (χ3n) is 4.71. The topological polar surface area (TPSA) is 0 Å². The highest BCUT2D eigenvalue weighted by Crippen LogP contribution is 2.46. The third kappa shape index (κ3) is 2.14. The summed E-state index contributed by atoms with van der Waals surface area (Å²) in [5.74, 6) is 4.56. The van der Waals surface area contributed by atoms with E-state index in [0.717, 1.165) is 22.8 Å². The quantitative estimate of drug-likeness (QED) is 0.340. The maximum absolute atomic E-state index is 2.46. The lowest BCUT2D eigenvalue weighted by atomic mass is 9.96. The zero-order valence-electron chi connectivity index (χ0n) is 12.6. The van der Waals surface area contributed by atoms with Gasteiger partial charge < -0.3 is 0 Å². The van der Waals surface area contributed by atoms with Gasteiger partial charge in [-0.05, 0) is 74.1 Å². The van der Waals surface area contributed by atoms with Gasteiger partial charge in [-0.1, -0.05) is 48.5 Å². The van der Waals surface area contributed by atoms with Gasteiger partial charge in [0.05, 0.1) is 0 Å². The summed E-state index contributed by atoms with van der Waals surface area (Å²) >= 11 is 0. The van der Waals surface area contributed by atoms with E-state index in [4.69, 9.17) is 0 Å². The normalized spacial score (nSPS) is 12.9. The van der Waals surface area contributed by atoms with Crippen molar-refractivity contribution in [2.24, 2.45) is 0 Å². The minimum Gasteiger partial charge on any atom is -0.132 e. The molecule has 0 spiro atoms. The van der Waals surface area contributed by atoms with Crippen LogP contribution in [0.2, 0.25) is 0 Å². The smallest absolute Gasteiger partial charge is 0.00117 e. The van der Waals surface area contributed by atoms with E-state index in [-0.39, 0.29) is 0 Å². The van der Waals surface area contributed by atoms with Crippen molar-refractivity contribution in [1.29, 1.82) is 0 Å². The van der Waals surface area contributed by atoms with Crippen molar-refractivity contribution in [3.8, 4) is 32.8 Å². The second kappa shape index (κ2) is 5.27. The van der Waals surface area contributed by atoms with Gasteiger partial charge >= 0.3 is 0 Å². The van der Waals surface area contributed by atoms with Crippen LogP contribution in [0.4, 0.5) is 0 Å². The fourth-order valence-electron chi connectivity index (χ4n) is 3.63. The van der Waals surface area contributed by atoms with Crippen molar-refractivity contribution in [1.82, 2.24) is 0 Å². The first-order valence-electron chi connectivity index (χ1n) is 7.93. The van der Waals surface area contributed by atoms with Crippen LogP contribution in [0, 0.1) is 0 Å². The summed E-state index contributed by atoms with van der Waals surface area (Å²) in [6, 6.07) is 22.7. The van der Waals surface area contributed by atoms with Crippen molar-refractivity contribution < 1.29 is 0 Å². The molecule has 0 saturated carbocycles. The molecule has 5 rings (SSSR count). The number of fused-ring (bicyclic) bond motifs is 3. The van der Waals surface area contributed by atoms with Crippen LogP contribution in [0.25, 0.3) is 32.8 Å². The molecule has 2 heterocycles. The zero-order chi connectivity index (χ0) is 15.2. The summed E-state index contributed by atoms with van der Waals surface area (Å²) in [6.07, 6.45) is 1.07. The first-order valence-corrected chi connectivity index (χ1v) is 10.1. The van der Waals surface area contributed by atoms with Gasteiger partial charge in [0.1, 0.15) is 0 Å². The van der Waals surface area contributed by atoms with Crippen LogP contribution in [-0.4, -0.2) is 0 Å². The Bertz CT molecular complexity index is 977. The highest BCUT2D eigenvalue weighted by atomic mass is 31.0. The number of benzene rings is 2. The minimum atomic E-state index is 0.793. The zero-order valence-corrected chi connectivity index (χ0v) is 14.6. The van der Waals surface area contributed by atoms with E-state index in [1.54, 1.807) is 0 Å². The first-order chi connectivity index (χ1) is 11.4. The van der Waals surface area contributed by atoms with E-state index in [1.807, 2.05) is 0 Å². The van der Waals surface area contributed by atoms with Crippen LogP contribution in [0.15, 0.2) is 72.3 Å². The molecule has 0 nitrogen and oxygen atoms in total. The van der Waals surface area contributed by atoms with Gasteiger partial charge in [0, 0.05) is 0 Å². The highest BCUT2D eigenvalue weighted by molar-refractivity contribution is 7.34. The molecule has 0 bridgehead atoms. The summed E-state index contributed by atoms with van der Waals surface area (Å²) < 4.78 is 0. The van der Waals surface area contributed by atoms with Gasteiger partial charge in [0.25, 0.3) is 0 Å². The van der Waals surface area contributed by atoms with E-state index >= 15 is 0 Å². The Morgan fingerprint density at radius 3 is 1.96 bits per heavy atom. The summed E-state index contributed by atoms with van der Waals surface area (Å²) in [6.45, 7) is 0. The molecule has 2 atom stereocenters. The fourth-order valence-corrected chi connectivity index (χ4v) is 5.48.